The zero-order chi connectivity index (χ0) is 20.6. The quantitative estimate of drug-likeness (QED) is 0.675. The maximum Gasteiger partial charge on any atom is 0.245 e. The van der Waals surface area contributed by atoms with Crippen molar-refractivity contribution in [3.05, 3.63) is 29.8 Å². The van der Waals surface area contributed by atoms with Crippen LogP contribution in [0.2, 0.25) is 0 Å². The van der Waals surface area contributed by atoms with Crippen LogP contribution in [-0.2, 0) is 14.8 Å². The summed E-state index contributed by atoms with van der Waals surface area (Å²) in [6.45, 7) is 5.28. The molecular formula is C21H31N3O4S. The van der Waals surface area contributed by atoms with Gasteiger partial charge in [-0.1, -0.05) is 12.1 Å². The zero-order valence-electron chi connectivity index (χ0n) is 17.3. The van der Waals surface area contributed by atoms with Crippen molar-refractivity contribution in [3.63, 3.8) is 0 Å². The molecule has 1 N–H and O–H groups in total. The summed E-state index contributed by atoms with van der Waals surface area (Å²) >= 11 is 0. The van der Waals surface area contributed by atoms with Gasteiger partial charge in [0.25, 0.3) is 0 Å². The van der Waals surface area contributed by atoms with Gasteiger partial charge in [0.2, 0.25) is 10.0 Å². The predicted octanol–water partition coefficient (Wildman–Crippen LogP) is 1.70. The summed E-state index contributed by atoms with van der Waals surface area (Å²) in [5.41, 5.74) is -0.266. The number of likely N-dealkylation sites (N-methyl/N-ethyl adjacent to an activating group) is 1. The number of Topliss-reactive ketones (excluding diaryl/α,β-unsaturated/α-hetero) is 1. The lowest BCUT2D eigenvalue weighted by Crippen LogP contribution is -2.55. The second kappa shape index (κ2) is 8.07. The molecule has 29 heavy (non-hydrogen) atoms. The monoisotopic (exact) mass is 421 g/mol. The number of sulfonamides is 1. The molecule has 8 heteroatoms. The molecule has 3 aliphatic rings. The van der Waals surface area contributed by atoms with E-state index < -0.39 is 15.7 Å². The van der Waals surface area contributed by atoms with Gasteiger partial charge in [0.15, 0.2) is 5.78 Å². The minimum absolute atomic E-state index is 0.0768. The average Bonchev–Trinajstić information content (AvgIpc) is 3.45. The van der Waals surface area contributed by atoms with Gasteiger partial charge in [0, 0.05) is 51.1 Å². The van der Waals surface area contributed by atoms with Gasteiger partial charge in [0.05, 0.1) is 11.0 Å². The van der Waals surface area contributed by atoms with E-state index in [4.69, 9.17) is 4.74 Å². The van der Waals surface area contributed by atoms with Gasteiger partial charge in [-0.15, -0.1) is 0 Å². The molecule has 2 saturated heterocycles. The van der Waals surface area contributed by atoms with Crippen LogP contribution in [0.1, 0.15) is 43.0 Å². The molecule has 1 atom stereocenters. The van der Waals surface area contributed by atoms with E-state index in [-0.39, 0.29) is 16.8 Å². The first-order valence-corrected chi connectivity index (χ1v) is 12.0. The fourth-order valence-electron chi connectivity index (χ4n) is 4.52. The van der Waals surface area contributed by atoms with Crippen LogP contribution < -0.4 is 5.32 Å². The van der Waals surface area contributed by atoms with Crippen molar-refractivity contribution in [2.75, 3.05) is 39.8 Å². The van der Waals surface area contributed by atoms with Crippen LogP contribution in [0.25, 0.3) is 0 Å². The van der Waals surface area contributed by atoms with Crippen molar-refractivity contribution in [2.24, 2.45) is 5.92 Å². The molecular weight excluding hydrogens is 390 g/mol. The second-order valence-electron chi connectivity index (χ2n) is 8.60. The molecule has 0 aromatic heterocycles. The molecule has 4 rings (SSSR count). The van der Waals surface area contributed by atoms with E-state index in [1.165, 1.54) is 31.9 Å². The Bertz CT molecular complexity index is 843. The van der Waals surface area contributed by atoms with E-state index >= 15 is 0 Å². The Hall–Kier alpha value is -1.32. The van der Waals surface area contributed by atoms with Crippen LogP contribution in [0.5, 0.6) is 0 Å². The Morgan fingerprint density at radius 1 is 1.21 bits per heavy atom. The lowest BCUT2D eigenvalue weighted by atomic mass is 10.0. The van der Waals surface area contributed by atoms with Crippen molar-refractivity contribution in [1.82, 2.24) is 14.5 Å². The molecule has 2 heterocycles. The van der Waals surface area contributed by atoms with Gasteiger partial charge in [0.1, 0.15) is 5.72 Å². The highest BCUT2D eigenvalue weighted by molar-refractivity contribution is 7.89. The summed E-state index contributed by atoms with van der Waals surface area (Å²) in [5.74, 6) is 0.747. The molecule has 1 aliphatic carbocycles. The lowest BCUT2D eigenvalue weighted by molar-refractivity contribution is -0.113. The number of nitrogens with one attached hydrogen (secondary N) is 1. The number of ether oxygens (including phenoxy) is 1. The first-order chi connectivity index (χ1) is 13.8. The first-order valence-electron chi connectivity index (χ1n) is 10.5. The molecule has 0 bridgehead atoms. The number of carbonyl (C=O) groups excluding carboxylic acids is 1. The molecule has 7 nitrogen and oxygen atoms in total. The number of rotatable bonds is 7. The Balaban J connectivity index is 1.57. The predicted molar refractivity (Wildman–Crippen MR) is 110 cm³/mol. The third kappa shape index (κ3) is 4.27. The number of piperidine rings is 1. The fraction of sp³-hybridized carbons (Fsp3) is 0.667. The molecule has 1 spiro atoms. The Morgan fingerprint density at radius 2 is 1.86 bits per heavy atom. The molecule has 160 valence electrons. The van der Waals surface area contributed by atoms with E-state index in [1.54, 1.807) is 16.4 Å². The number of likely N-dealkylation sites (tertiary alicyclic amines) is 1. The van der Waals surface area contributed by atoms with Crippen molar-refractivity contribution in [2.45, 2.75) is 49.3 Å². The largest absolute Gasteiger partial charge is 0.353 e. The fourth-order valence-corrected chi connectivity index (χ4v) is 6.28. The highest BCUT2D eigenvalue weighted by Gasteiger charge is 2.53. The number of carbonyl (C=O) groups is 1. The van der Waals surface area contributed by atoms with Crippen LogP contribution in [0.15, 0.2) is 29.2 Å². The van der Waals surface area contributed by atoms with Gasteiger partial charge in [-0.25, -0.2) is 8.42 Å². The SMILES string of the molecule is CNCC1CN(S(=O)(=O)c2ccc(C(C)=O)cc2)C2(CCN(CC3CC3)CC2)O1. The maximum absolute atomic E-state index is 13.5. The minimum atomic E-state index is -3.72. The molecule has 1 aromatic rings. The van der Waals surface area contributed by atoms with E-state index in [0.717, 1.165) is 25.6 Å². The zero-order valence-corrected chi connectivity index (χ0v) is 18.1. The highest BCUT2D eigenvalue weighted by atomic mass is 32.2. The molecule has 0 radical (unpaired) electrons. The standard InChI is InChI=1S/C21H31N3O4S/c1-16(25)18-5-7-20(8-6-18)29(26,27)24-15-19(13-22-2)28-21(24)9-11-23(12-10-21)14-17-3-4-17/h5-8,17,19,22H,3-4,9-15H2,1-2H3. The normalized spacial score (nSPS) is 25.5. The van der Waals surface area contributed by atoms with Crippen molar-refractivity contribution >= 4 is 15.8 Å². The van der Waals surface area contributed by atoms with E-state index in [2.05, 4.69) is 10.2 Å². The number of hydrogen-bond donors (Lipinski definition) is 1. The third-order valence-corrected chi connectivity index (χ3v) is 8.27. The van der Waals surface area contributed by atoms with Crippen LogP contribution in [0.4, 0.5) is 0 Å². The number of nitrogens with zero attached hydrogens (tertiary/aromatic N) is 2. The van der Waals surface area contributed by atoms with Gasteiger partial charge in [-0.05, 0) is 44.9 Å². The molecule has 0 amide bonds. The van der Waals surface area contributed by atoms with Crippen molar-refractivity contribution in [1.29, 1.82) is 0 Å². The lowest BCUT2D eigenvalue weighted by Gasteiger charge is -2.43. The van der Waals surface area contributed by atoms with Crippen LogP contribution in [0, 0.1) is 5.92 Å². The summed E-state index contributed by atoms with van der Waals surface area (Å²) in [6.07, 6.45) is 3.84. The van der Waals surface area contributed by atoms with E-state index in [0.29, 0.717) is 31.5 Å². The van der Waals surface area contributed by atoms with Crippen molar-refractivity contribution < 1.29 is 17.9 Å². The Morgan fingerprint density at radius 3 is 2.41 bits per heavy atom. The number of benzene rings is 1. The molecule has 2 aliphatic heterocycles. The average molecular weight is 422 g/mol. The van der Waals surface area contributed by atoms with E-state index in [9.17, 15) is 13.2 Å². The second-order valence-corrected chi connectivity index (χ2v) is 10.5. The van der Waals surface area contributed by atoms with Crippen LogP contribution in [0.3, 0.4) is 0 Å². The number of ketones is 1. The summed E-state index contributed by atoms with van der Waals surface area (Å²) in [7, 11) is -1.86. The summed E-state index contributed by atoms with van der Waals surface area (Å²) < 4.78 is 35.0. The van der Waals surface area contributed by atoms with Crippen LogP contribution >= 0.6 is 0 Å². The Kier molecular flexibility index (Phi) is 5.83. The Labute approximate surface area is 173 Å². The molecule has 1 unspecified atom stereocenters. The van der Waals surface area contributed by atoms with E-state index in [1.807, 2.05) is 7.05 Å². The third-order valence-electron chi connectivity index (χ3n) is 6.34. The highest BCUT2D eigenvalue weighted by Crippen LogP contribution is 2.41. The number of hydrogen-bond acceptors (Lipinski definition) is 6. The van der Waals surface area contributed by atoms with Gasteiger partial charge in [-0.2, -0.15) is 4.31 Å². The van der Waals surface area contributed by atoms with Gasteiger partial charge >= 0.3 is 0 Å². The van der Waals surface area contributed by atoms with Gasteiger partial charge in [-0.3, -0.25) is 4.79 Å². The van der Waals surface area contributed by atoms with Gasteiger partial charge < -0.3 is 15.0 Å². The summed E-state index contributed by atoms with van der Waals surface area (Å²) in [4.78, 5) is 14.2. The molecule has 1 saturated carbocycles. The smallest absolute Gasteiger partial charge is 0.245 e. The molecule has 1 aromatic carbocycles. The minimum Gasteiger partial charge on any atom is -0.353 e. The topological polar surface area (TPSA) is 79.0 Å². The molecule has 3 fully saturated rings. The maximum atomic E-state index is 13.5. The first kappa shape index (κ1) is 20.9. The summed E-state index contributed by atoms with van der Waals surface area (Å²) in [5, 5.41) is 3.11. The van der Waals surface area contributed by atoms with Crippen LogP contribution in [-0.4, -0.2) is 75.0 Å². The summed E-state index contributed by atoms with van der Waals surface area (Å²) in [6, 6.07) is 6.24. The van der Waals surface area contributed by atoms with Crippen molar-refractivity contribution in [3.8, 4) is 0 Å².